The van der Waals surface area contributed by atoms with Gasteiger partial charge in [-0.2, -0.15) is 0 Å². The Labute approximate surface area is 188 Å². The summed E-state index contributed by atoms with van der Waals surface area (Å²) in [5.74, 6) is 0.717. The van der Waals surface area contributed by atoms with Crippen molar-refractivity contribution in [2.75, 3.05) is 19.6 Å². The largest absolute Gasteiger partial charge is 0.390 e. The Morgan fingerprint density at radius 2 is 1.83 bits per heavy atom. The van der Waals surface area contributed by atoms with Gasteiger partial charge in [0.2, 0.25) is 0 Å². The molecule has 3 nitrogen and oxygen atoms in total. The molecule has 0 aromatic carbocycles. The van der Waals surface area contributed by atoms with Crippen LogP contribution in [0.5, 0.6) is 0 Å². The van der Waals surface area contributed by atoms with E-state index in [9.17, 15) is 5.11 Å². The molecule has 2 heterocycles. The van der Waals surface area contributed by atoms with Gasteiger partial charge in [-0.05, 0) is 83.1 Å². The van der Waals surface area contributed by atoms with E-state index in [-0.39, 0.29) is 0 Å². The van der Waals surface area contributed by atoms with Gasteiger partial charge in [-0.1, -0.05) is 26.8 Å². The molecule has 4 heteroatoms. The molecule has 2 aliphatic rings. The zero-order chi connectivity index (χ0) is 21.9. The standard InChI is InChI=1S/C26H42N2OS/c1-7-8-19(2)27-23(18-28-15-13-26(6,29)14-16-28)22-17-24(30-20(22)3)21-9-11-25(4,5)12-10-21/h8,17,21,29H,7,9-16,18H2,1-6H3/b19-8-,27-23?. The zero-order valence-corrected chi connectivity index (χ0v) is 20.9. The van der Waals surface area contributed by atoms with Gasteiger partial charge in [0.15, 0.2) is 0 Å². The van der Waals surface area contributed by atoms with E-state index in [1.54, 1.807) is 4.88 Å². The number of aliphatic imine (C=N–C) groups is 1. The SMILES string of the molecule is CC/C=C(/C)N=C(CN1CCC(C)(O)CC1)c1cc(C2CCC(C)(C)CC2)sc1C. The van der Waals surface area contributed by atoms with Gasteiger partial charge in [0.25, 0.3) is 0 Å². The third-order valence-corrected chi connectivity index (χ3v) is 8.32. The third-order valence-electron chi connectivity index (χ3n) is 7.11. The van der Waals surface area contributed by atoms with E-state index in [0.717, 1.165) is 44.6 Å². The number of hydrogen-bond acceptors (Lipinski definition) is 4. The van der Waals surface area contributed by atoms with Gasteiger partial charge in [-0.3, -0.25) is 9.89 Å². The lowest BCUT2D eigenvalue weighted by Crippen LogP contribution is -2.44. The third kappa shape index (κ3) is 6.27. The van der Waals surface area contributed by atoms with Crippen molar-refractivity contribution in [3.8, 4) is 0 Å². The number of hydrogen-bond donors (Lipinski definition) is 1. The number of rotatable bonds is 6. The molecule has 1 aliphatic heterocycles. The lowest BCUT2D eigenvalue weighted by Gasteiger charge is -2.36. The Hall–Kier alpha value is -0.970. The fraction of sp³-hybridized carbons (Fsp3) is 0.731. The van der Waals surface area contributed by atoms with Crippen molar-refractivity contribution in [2.24, 2.45) is 10.4 Å². The summed E-state index contributed by atoms with van der Waals surface area (Å²) in [5.41, 5.74) is 3.67. The van der Waals surface area contributed by atoms with Crippen LogP contribution >= 0.6 is 11.3 Å². The molecule has 0 spiro atoms. The van der Waals surface area contributed by atoms with Crippen LogP contribution in [0.15, 0.2) is 22.8 Å². The number of likely N-dealkylation sites (tertiary alicyclic amines) is 1. The Balaban J connectivity index is 1.81. The van der Waals surface area contributed by atoms with Crippen molar-refractivity contribution >= 4 is 17.0 Å². The van der Waals surface area contributed by atoms with Crippen molar-refractivity contribution in [1.82, 2.24) is 4.90 Å². The van der Waals surface area contributed by atoms with Crippen LogP contribution in [0.4, 0.5) is 0 Å². The van der Waals surface area contributed by atoms with Crippen molar-refractivity contribution < 1.29 is 5.11 Å². The van der Waals surface area contributed by atoms with E-state index in [1.807, 2.05) is 18.3 Å². The molecule has 3 rings (SSSR count). The lowest BCUT2D eigenvalue weighted by molar-refractivity contribution is -0.00151. The molecular weight excluding hydrogens is 388 g/mol. The quantitative estimate of drug-likeness (QED) is 0.510. The van der Waals surface area contributed by atoms with Crippen molar-refractivity contribution in [3.63, 3.8) is 0 Å². The Bertz CT molecular complexity index is 767. The van der Waals surface area contributed by atoms with Crippen LogP contribution in [0.25, 0.3) is 0 Å². The van der Waals surface area contributed by atoms with Crippen molar-refractivity contribution in [1.29, 1.82) is 0 Å². The van der Waals surface area contributed by atoms with E-state index in [2.05, 4.69) is 51.7 Å². The van der Waals surface area contributed by atoms with Gasteiger partial charge < -0.3 is 5.11 Å². The smallest absolute Gasteiger partial charge is 0.0644 e. The molecular formula is C26H42N2OS. The summed E-state index contributed by atoms with van der Waals surface area (Å²) in [6.07, 6.45) is 10.2. The maximum atomic E-state index is 10.3. The Kier molecular flexibility index (Phi) is 7.63. The second kappa shape index (κ2) is 9.67. The highest BCUT2D eigenvalue weighted by molar-refractivity contribution is 7.12. The van der Waals surface area contributed by atoms with Gasteiger partial charge in [-0.25, -0.2) is 0 Å². The van der Waals surface area contributed by atoms with Crippen LogP contribution in [0.1, 0.15) is 101 Å². The average molecular weight is 431 g/mol. The maximum absolute atomic E-state index is 10.3. The topological polar surface area (TPSA) is 35.8 Å². The number of piperidine rings is 1. The first-order valence-electron chi connectivity index (χ1n) is 11.9. The maximum Gasteiger partial charge on any atom is 0.0644 e. The predicted octanol–water partition coefficient (Wildman–Crippen LogP) is 6.69. The number of nitrogens with zero attached hydrogens (tertiary/aromatic N) is 2. The number of aryl methyl sites for hydroxylation is 1. The molecule has 0 amide bonds. The van der Waals surface area contributed by atoms with Gasteiger partial charge in [0.05, 0.1) is 11.3 Å². The Morgan fingerprint density at radius 3 is 2.43 bits per heavy atom. The first-order valence-corrected chi connectivity index (χ1v) is 12.7. The number of aliphatic hydroxyl groups is 1. The van der Waals surface area contributed by atoms with Gasteiger partial charge in [0, 0.05) is 40.6 Å². The minimum absolute atomic E-state index is 0.508. The summed E-state index contributed by atoms with van der Waals surface area (Å²) in [4.78, 5) is 10.5. The first kappa shape index (κ1) is 23.7. The van der Waals surface area contributed by atoms with Crippen LogP contribution in [-0.4, -0.2) is 41.0 Å². The molecule has 0 unspecified atom stereocenters. The highest BCUT2D eigenvalue weighted by atomic mass is 32.1. The number of thiophene rings is 1. The van der Waals surface area contributed by atoms with Crippen LogP contribution in [0, 0.1) is 12.3 Å². The highest BCUT2D eigenvalue weighted by Crippen LogP contribution is 2.44. The summed E-state index contributed by atoms with van der Waals surface area (Å²) in [7, 11) is 0. The molecule has 0 atom stereocenters. The van der Waals surface area contributed by atoms with E-state index < -0.39 is 5.60 Å². The van der Waals surface area contributed by atoms with Gasteiger partial charge in [-0.15, -0.1) is 11.3 Å². The molecule has 168 valence electrons. The molecule has 0 bridgehead atoms. The molecule has 30 heavy (non-hydrogen) atoms. The van der Waals surface area contributed by atoms with Gasteiger partial charge in [0.1, 0.15) is 0 Å². The molecule has 0 radical (unpaired) electrons. The summed E-state index contributed by atoms with van der Waals surface area (Å²) in [6, 6.07) is 2.46. The molecule has 2 fully saturated rings. The minimum atomic E-state index is -0.508. The average Bonchev–Trinajstić information content (AvgIpc) is 3.04. The second-order valence-electron chi connectivity index (χ2n) is 10.6. The normalized spacial score (nSPS) is 23.7. The summed E-state index contributed by atoms with van der Waals surface area (Å²) < 4.78 is 0. The van der Waals surface area contributed by atoms with Crippen molar-refractivity contribution in [3.05, 3.63) is 33.2 Å². The second-order valence-corrected chi connectivity index (χ2v) is 11.9. The summed E-state index contributed by atoms with van der Waals surface area (Å²) in [5, 5.41) is 10.3. The fourth-order valence-corrected chi connectivity index (χ4v) is 6.04. The molecule has 1 aromatic rings. The van der Waals surface area contributed by atoms with Crippen LogP contribution < -0.4 is 0 Å². The molecule has 1 aromatic heterocycles. The molecule has 1 aliphatic carbocycles. The van der Waals surface area contributed by atoms with Crippen LogP contribution in [-0.2, 0) is 0 Å². The monoisotopic (exact) mass is 430 g/mol. The van der Waals surface area contributed by atoms with Gasteiger partial charge >= 0.3 is 0 Å². The van der Waals surface area contributed by atoms with E-state index in [4.69, 9.17) is 4.99 Å². The summed E-state index contributed by atoms with van der Waals surface area (Å²) in [6.45, 7) is 16.1. The number of allylic oxidation sites excluding steroid dienone is 2. The predicted molar refractivity (Wildman–Crippen MR) is 131 cm³/mol. The lowest BCUT2D eigenvalue weighted by atomic mass is 9.73. The summed E-state index contributed by atoms with van der Waals surface area (Å²) >= 11 is 1.99. The Morgan fingerprint density at radius 1 is 1.20 bits per heavy atom. The molecule has 1 saturated heterocycles. The minimum Gasteiger partial charge on any atom is -0.390 e. The molecule has 1 N–H and O–H groups in total. The zero-order valence-electron chi connectivity index (χ0n) is 20.1. The van der Waals surface area contributed by atoms with E-state index in [0.29, 0.717) is 11.3 Å². The van der Waals surface area contributed by atoms with E-state index in [1.165, 1.54) is 41.8 Å². The first-order chi connectivity index (χ1) is 14.1. The van der Waals surface area contributed by atoms with Crippen LogP contribution in [0.3, 0.4) is 0 Å². The highest BCUT2D eigenvalue weighted by Gasteiger charge is 2.30. The van der Waals surface area contributed by atoms with E-state index >= 15 is 0 Å². The van der Waals surface area contributed by atoms with Crippen molar-refractivity contribution in [2.45, 2.75) is 98.0 Å². The molecule has 1 saturated carbocycles. The fourth-order valence-electron chi connectivity index (χ4n) is 4.82. The van der Waals surface area contributed by atoms with Crippen LogP contribution in [0.2, 0.25) is 0 Å².